The van der Waals surface area contributed by atoms with Crippen LogP contribution in [0, 0.1) is 0 Å². The highest BCUT2D eigenvalue weighted by Crippen LogP contribution is 2.23. The Morgan fingerprint density at radius 1 is 0.703 bits per heavy atom. The molecule has 2 aromatic heterocycles. The van der Waals surface area contributed by atoms with Crippen LogP contribution in [0.25, 0.3) is 0 Å². The van der Waals surface area contributed by atoms with E-state index in [1.807, 2.05) is 48.3 Å². The van der Waals surface area contributed by atoms with Crippen molar-refractivity contribution in [2.75, 3.05) is 27.9 Å². The number of hydrogen-bond donors (Lipinski definition) is 3. The standard InChI is InChI=1S/C13H13ClN4O.C12H11ClN4O/c1-9(19)16-10-3-5-11(6-4-10)18(2)12-7-8-15-13(14)17-12;1-8(18)15-9-2-4-10(5-3-9)16-11-6-7-14-12(13)17-11/h3-8H,1-2H3,(H,16,19);2-7H,1H3,(H,15,18)(H,14,16,17). The molecule has 0 aliphatic rings. The number of hydrogen-bond acceptors (Lipinski definition) is 8. The molecule has 10 nitrogen and oxygen atoms in total. The van der Waals surface area contributed by atoms with Crippen molar-refractivity contribution in [1.82, 2.24) is 19.9 Å². The first-order valence-electron chi connectivity index (χ1n) is 10.9. The van der Waals surface area contributed by atoms with Crippen LogP contribution in [0.1, 0.15) is 13.8 Å². The highest BCUT2D eigenvalue weighted by Gasteiger charge is 2.06. The highest BCUT2D eigenvalue weighted by atomic mass is 35.5. The molecule has 2 aromatic carbocycles. The first-order valence-corrected chi connectivity index (χ1v) is 11.7. The molecule has 0 aliphatic carbocycles. The van der Waals surface area contributed by atoms with Crippen molar-refractivity contribution in [2.45, 2.75) is 13.8 Å². The number of aromatic nitrogens is 4. The maximum Gasteiger partial charge on any atom is 0.224 e. The van der Waals surface area contributed by atoms with Crippen molar-refractivity contribution in [3.05, 3.63) is 83.6 Å². The molecule has 12 heteroatoms. The van der Waals surface area contributed by atoms with E-state index in [4.69, 9.17) is 23.2 Å². The van der Waals surface area contributed by atoms with E-state index in [1.165, 1.54) is 13.8 Å². The minimum absolute atomic E-state index is 0.0938. The van der Waals surface area contributed by atoms with Crippen molar-refractivity contribution in [3.63, 3.8) is 0 Å². The van der Waals surface area contributed by atoms with Gasteiger partial charge in [0, 0.05) is 56.0 Å². The number of carbonyl (C=O) groups excluding carboxylic acids is 2. The van der Waals surface area contributed by atoms with E-state index < -0.39 is 0 Å². The average Bonchev–Trinajstić information content (AvgIpc) is 2.85. The van der Waals surface area contributed by atoms with Gasteiger partial charge < -0.3 is 20.9 Å². The van der Waals surface area contributed by atoms with Crippen LogP contribution >= 0.6 is 23.2 Å². The van der Waals surface area contributed by atoms with Gasteiger partial charge in [0.15, 0.2) is 0 Å². The number of amides is 2. The molecule has 4 rings (SSSR count). The summed E-state index contributed by atoms with van der Waals surface area (Å²) in [6.07, 6.45) is 3.18. The first kappa shape index (κ1) is 27.3. The average molecular weight is 539 g/mol. The zero-order chi connectivity index (χ0) is 26.8. The molecule has 3 N–H and O–H groups in total. The lowest BCUT2D eigenvalue weighted by atomic mass is 10.2. The van der Waals surface area contributed by atoms with Crippen molar-refractivity contribution in [3.8, 4) is 0 Å². The number of nitrogens with one attached hydrogen (secondary N) is 3. The Kier molecular flexibility index (Phi) is 9.70. The van der Waals surface area contributed by atoms with E-state index >= 15 is 0 Å². The molecule has 0 saturated carbocycles. The summed E-state index contributed by atoms with van der Waals surface area (Å²) in [5.74, 6) is 1.12. The SMILES string of the molecule is CC(=O)Nc1ccc(N(C)c2ccnc(Cl)n2)cc1.CC(=O)Nc1ccc(Nc2ccnc(Cl)n2)cc1. The van der Waals surface area contributed by atoms with Crippen LogP contribution in [0.15, 0.2) is 73.1 Å². The van der Waals surface area contributed by atoms with E-state index in [9.17, 15) is 9.59 Å². The lowest BCUT2D eigenvalue weighted by Gasteiger charge is -2.18. The quantitative estimate of drug-likeness (QED) is 0.267. The molecule has 0 fully saturated rings. The second-order valence-corrected chi connectivity index (χ2v) is 8.24. The van der Waals surface area contributed by atoms with Gasteiger partial charge in [-0.3, -0.25) is 9.59 Å². The third-order valence-corrected chi connectivity index (χ3v) is 5.00. The second kappa shape index (κ2) is 13.1. The summed E-state index contributed by atoms with van der Waals surface area (Å²) in [7, 11) is 1.88. The van der Waals surface area contributed by atoms with Crippen LogP contribution in [-0.2, 0) is 9.59 Å². The van der Waals surface area contributed by atoms with Crippen LogP contribution in [0.3, 0.4) is 0 Å². The van der Waals surface area contributed by atoms with Crippen LogP contribution in [-0.4, -0.2) is 38.8 Å². The minimum Gasteiger partial charge on any atom is -0.340 e. The van der Waals surface area contributed by atoms with Gasteiger partial charge in [-0.2, -0.15) is 0 Å². The first-order chi connectivity index (χ1) is 17.7. The molecule has 4 aromatic rings. The van der Waals surface area contributed by atoms with Gasteiger partial charge >= 0.3 is 0 Å². The van der Waals surface area contributed by atoms with Crippen molar-refractivity contribution < 1.29 is 9.59 Å². The Morgan fingerprint density at radius 2 is 1.19 bits per heavy atom. The van der Waals surface area contributed by atoms with E-state index in [0.29, 0.717) is 11.6 Å². The Balaban J connectivity index is 0.000000206. The monoisotopic (exact) mass is 538 g/mol. The van der Waals surface area contributed by atoms with Crippen molar-refractivity contribution in [2.24, 2.45) is 0 Å². The van der Waals surface area contributed by atoms with Gasteiger partial charge in [-0.05, 0) is 83.9 Å². The molecule has 37 heavy (non-hydrogen) atoms. The third kappa shape index (κ3) is 9.02. The molecule has 0 bridgehead atoms. The van der Waals surface area contributed by atoms with Crippen LogP contribution in [0.5, 0.6) is 0 Å². The number of anilines is 6. The van der Waals surface area contributed by atoms with Crippen LogP contribution in [0.2, 0.25) is 10.6 Å². The molecule has 0 spiro atoms. The fourth-order valence-electron chi connectivity index (χ4n) is 3.01. The van der Waals surface area contributed by atoms with E-state index in [1.54, 1.807) is 36.7 Å². The highest BCUT2D eigenvalue weighted by molar-refractivity contribution is 6.28. The summed E-state index contributed by atoms with van der Waals surface area (Å²) in [6, 6.07) is 18.2. The van der Waals surface area contributed by atoms with Gasteiger partial charge in [0.05, 0.1) is 0 Å². The van der Waals surface area contributed by atoms with Gasteiger partial charge in [0.25, 0.3) is 0 Å². The molecule has 190 valence electrons. The fourth-order valence-corrected chi connectivity index (χ4v) is 3.30. The van der Waals surface area contributed by atoms with Crippen LogP contribution < -0.4 is 20.9 Å². The van der Waals surface area contributed by atoms with E-state index in [2.05, 4.69) is 35.9 Å². The van der Waals surface area contributed by atoms with E-state index in [0.717, 1.165) is 22.7 Å². The molecular weight excluding hydrogens is 515 g/mol. The number of rotatable bonds is 6. The Morgan fingerprint density at radius 3 is 1.70 bits per heavy atom. The predicted molar refractivity (Wildman–Crippen MR) is 147 cm³/mol. The molecule has 2 amide bonds. The molecule has 0 aliphatic heterocycles. The van der Waals surface area contributed by atoms with Gasteiger partial charge in [0.1, 0.15) is 11.6 Å². The lowest BCUT2D eigenvalue weighted by molar-refractivity contribution is -0.115. The number of nitrogens with zero attached hydrogens (tertiary/aromatic N) is 5. The molecular formula is C25H24Cl2N8O2. The van der Waals surface area contributed by atoms with Gasteiger partial charge in [0.2, 0.25) is 22.4 Å². The summed E-state index contributed by atoms with van der Waals surface area (Å²) in [5, 5.41) is 8.88. The number of carbonyl (C=O) groups is 2. The summed E-state index contributed by atoms with van der Waals surface area (Å²) in [5.41, 5.74) is 3.28. The smallest absolute Gasteiger partial charge is 0.224 e. The normalized spacial score (nSPS) is 9.97. The molecule has 0 atom stereocenters. The van der Waals surface area contributed by atoms with Gasteiger partial charge in [-0.25, -0.2) is 19.9 Å². The Hall–Kier alpha value is -4.28. The number of benzene rings is 2. The molecule has 0 unspecified atom stereocenters. The third-order valence-electron chi connectivity index (χ3n) is 4.63. The summed E-state index contributed by atoms with van der Waals surface area (Å²) >= 11 is 11.4. The Labute approximate surface area is 224 Å². The van der Waals surface area contributed by atoms with Crippen LogP contribution in [0.4, 0.5) is 34.4 Å². The maximum absolute atomic E-state index is 10.9. The summed E-state index contributed by atoms with van der Waals surface area (Å²) in [6.45, 7) is 2.94. The second-order valence-electron chi connectivity index (χ2n) is 7.57. The van der Waals surface area contributed by atoms with Gasteiger partial charge in [-0.15, -0.1) is 0 Å². The zero-order valence-electron chi connectivity index (χ0n) is 20.2. The van der Waals surface area contributed by atoms with Crippen molar-refractivity contribution >= 4 is 69.4 Å². The molecule has 0 radical (unpaired) electrons. The lowest BCUT2D eigenvalue weighted by Crippen LogP contribution is -2.12. The molecule has 2 heterocycles. The largest absolute Gasteiger partial charge is 0.340 e. The number of halogens is 2. The molecule has 0 saturated heterocycles. The Bertz CT molecular complexity index is 1350. The van der Waals surface area contributed by atoms with Crippen molar-refractivity contribution in [1.29, 1.82) is 0 Å². The summed E-state index contributed by atoms with van der Waals surface area (Å²) in [4.78, 5) is 39.5. The van der Waals surface area contributed by atoms with Gasteiger partial charge in [-0.1, -0.05) is 0 Å². The predicted octanol–water partition coefficient (Wildman–Crippen LogP) is 5.69. The van der Waals surface area contributed by atoms with E-state index in [-0.39, 0.29) is 22.4 Å². The minimum atomic E-state index is -0.0988. The fraction of sp³-hybridized carbons (Fsp3) is 0.120. The summed E-state index contributed by atoms with van der Waals surface area (Å²) < 4.78 is 0. The zero-order valence-corrected chi connectivity index (χ0v) is 21.7. The maximum atomic E-state index is 10.9. The topological polar surface area (TPSA) is 125 Å².